The Labute approximate surface area is 85.1 Å². The van der Waals surface area contributed by atoms with Crippen molar-refractivity contribution in [3.8, 4) is 6.07 Å². The Hall–Kier alpha value is -1.96. The van der Waals surface area contributed by atoms with E-state index in [1.807, 2.05) is 0 Å². The maximum Gasteiger partial charge on any atom is 0.217 e. The summed E-state index contributed by atoms with van der Waals surface area (Å²) in [4.78, 5) is 10.4. The first-order valence-electron chi connectivity index (χ1n) is 4.21. The number of primary amides is 1. The zero-order valence-electron chi connectivity index (χ0n) is 7.76. The van der Waals surface area contributed by atoms with E-state index < -0.39 is 23.1 Å². The topological polar surface area (TPSA) is 66.9 Å². The zero-order chi connectivity index (χ0) is 11.4. The molecule has 1 aromatic rings. The van der Waals surface area contributed by atoms with Crippen LogP contribution in [0.15, 0.2) is 12.1 Å². The minimum absolute atomic E-state index is 0.0186. The molecule has 1 amide bonds. The lowest BCUT2D eigenvalue weighted by Crippen LogP contribution is -2.11. The molecular weight excluding hydrogens is 202 g/mol. The van der Waals surface area contributed by atoms with Crippen LogP contribution in [0, 0.1) is 23.0 Å². The van der Waals surface area contributed by atoms with Gasteiger partial charge >= 0.3 is 0 Å². The number of nitrogens with two attached hydrogens (primary N) is 1. The summed E-state index contributed by atoms with van der Waals surface area (Å²) >= 11 is 0. The summed E-state index contributed by atoms with van der Waals surface area (Å²) in [5.74, 6) is -2.38. The number of aryl methyl sites for hydroxylation is 1. The second-order valence-electron chi connectivity index (χ2n) is 3.01. The summed E-state index contributed by atoms with van der Waals surface area (Å²) < 4.78 is 26.1. The van der Waals surface area contributed by atoms with Crippen molar-refractivity contribution in [3.05, 3.63) is 34.9 Å². The fourth-order valence-corrected chi connectivity index (χ4v) is 1.14. The third-order valence-electron chi connectivity index (χ3n) is 1.87. The normalized spacial score (nSPS) is 9.67. The van der Waals surface area contributed by atoms with E-state index in [1.54, 1.807) is 0 Å². The van der Waals surface area contributed by atoms with Crippen LogP contribution in [0.5, 0.6) is 0 Å². The first-order chi connectivity index (χ1) is 7.04. The predicted molar refractivity (Wildman–Crippen MR) is 48.6 cm³/mol. The molecule has 0 atom stereocenters. The minimum Gasteiger partial charge on any atom is -0.370 e. The highest BCUT2D eigenvalue weighted by atomic mass is 19.1. The van der Waals surface area contributed by atoms with Gasteiger partial charge in [-0.3, -0.25) is 4.79 Å². The van der Waals surface area contributed by atoms with E-state index in [-0.39, 0.29) is 12.8 Å². The van der Waals surface area contributed by atoms with Crippen molar-refractivity contribution < 1.29 is 13.6 Å². The Bertz CT molecular complexity index is 415. The molecule has 0 aliphatic heterocycles. The highest BCUT2D eigenvalue weighted by molar-refractivity contribution is 5.74. The second kappa shape index (κ2) is 4.51. The van der Waals surface area contributed by atoms with Crippen LogP contribution in [0.3, 0.4) is 0 Å². The Morgan fingerprint density at radius 1 is 1.40 bits per heavy atom. The fourth-order valence-electron chi connectivity index (χ4n) is 1.14. The van der Waals surface area contributed by atoms with Gasteiger partial charge in [0.1, 0.15) is 23.3 Å². The molecule has 2 N–H and O–H groups in total. The van der Waals surface area contributed by atoms with E-state index in [0.29, 0.717) is 5.56 Å². The van der Waals surface area contributed by atoms with Crippen LogP contribution < -0.4 is 5.73 Å². The summed E-state index contributed by atoms with van der Waals surface area (Å²) in [6.07, 6.45) is 0.180. The molecule has 0 spiro atoms. The fraction of sp³-hybridized carbons (Fsp3) is 0.200. The van der Waals surface area contributed by atoms with Gasteiger partial charge in [0.05, 0.1) is 0 Å². The van der Waals surface area contributed by atoms with Crippen LogP contribution in [0.4, 0.5) is 8.78 Å². The first kappa shape index (κ1) is 11.1. The number of hydrogen-bond acceptors (Lipinski definition) is 2. The molecule has 5 heteroatoms. The lowest BCUT2D eigenvalue weighted by atomic mass is 10.1. The molecule has 1 rings (SSSR count). The number of nitriles is 1. The summed E-state index contributed by atoms with van der Waals surface area (Å²) in [6, 6.07) is 3.48. The van der Waals surface area contributed by atoms with Gasteiger partial charge in [0, 0.05) is 6.42 Å². The van der Waals surface area contributed by atoms with Crippen LogP contribution >= 0.6 is 0 Å². The van der Waals surface area contributed by atoms with E-state index in [2.05, 4.69) is 0 Å². The number of rotatable bonds is 3. The maximum absolute atomic E-state index is 13.1. The number of amides is 1. The first-order valence-corrected chi connectivity index (χ1v) is 4.21. The highest BCUT2D eigenvalue weighted by Gasteiger charge is 2.10. The van der Waals surface area contributed by atoms with Gasteiger partial charge < -0.3 is 5.73 Å². The van der Waals surface area contributed by atoms with E-state index in [1.165, 1.54) is 6.07 Å². The van der Waals surface area contributed by atoms with Gasteiger partial charge in [-0.15, -0.1) is 0 Å². The third-order valence-corrected chi connectivity index (χ3v) is 1.87. The molecule has 0 fully saturated rings. The molecule has 0 radical (unpaired) electrons. The number of carbonyl (C=O) groups excluding carboxylic acids is 1. The Kier molecular flexibility index (Phi) is 3.34. The van der Waals surface area contributed by atoms with Gasteiger partial charge in [-0.25, -0.2) is 8.78 Å². The third kappa shape index (κ3) is 2.74. The molecule has 0 aromatic heterocycles. The molecular formula is C10H8F2N2O. The van der Waals surface area contributed by atoms with Crippen LogP contribution in [0.2, 0.25) is 0 Å². The van der Waals surface area contributed by atoms with E-state index in [0.717, 1.165) is 12.1 Å². The summed E-state index contributed by atoms with van der Waals surface area (Å²) in [5.41, 5.74) is 4.59. The van der Waals surface area contributed by atoms with E-state index in [9.17, 15) is 13.6 Å². The molecule has 0 unspecified atom stereocenters. The number of benzene rings is 1. The molecule has 1 aromatic carbocycles. The molecule has 0 heterocycles. The van der Waals surface area contributed by atoms with Crippen molar-refractivity contribution in [2.75, 3.05) is 0 Å². The standard InChI is InChI=1S/C10H8F2N2O/c11-8-3-6(1-2-10(14)15)4-9(12)7(8)5-13/h3-4H,1-2H2,(H2,14,15). The van der Waals surface area contributed by atoms with Crippen LogP contribution in [-0.2, 0) is 11.2 Å². The van der Waals surface area contributed by atoms with Gasteiger partial charge in [-0.05, 0) is 24.1 Å². The molecule has 0 bridgehead atoms. The Morgan fingerprint density at radius 2 is 1.93 bits per heavy atom. The van der Waals surface area contributed by atoms with Crippen molar-refractivity contribution in [1.29, 1.82) is 5.26 Å². The van der Waals surface area contributed by atoms with Crippen LogP contribution in [0.1, 0.15) is 17.5 Å². The minimum atomic E-state index is -0.919. The van der Waals surface area contributed by atoms with Crippen molar-refractivity contribution >= 4 is 5.91 Å². The lowest BCUT2D eigenvalue weighted by Gasteiger charge is -2.02. The Balaban J connectivity index is 2.95. The maximum atomic E-state index is 13.1. The van der Waals surface area contributed by atoms with E-state index in [4.69, 9.17) is 11.0 Å². The molecule has 3 nitrogen and oxygen atoms in total. The lowest BCUT2D eigenvalue weighted by molar-refractivity contribution is -0.117. The van der Waals surface area contributed by atoms with Crippen molar-refractivity contribution in [3.63, 3.8) is 0 Å². The number of halogens is 2. The van der Waals surface area contributed by atoms with Gasteiger partial charge in [0.2, 0.25) is 5.91 Å². The van der Waals surface area contributed by atoms with E-state index >= 15 is 0 Å². The summed E-state index contributed by atoms with van der Waals surface area (Å²) in [5, 5.41) is 8.40. The Morgan fingerprint density at radius 3 is 2.33 bits per heavy atom. The number of nitrogens with zero attached hydrogens (tertiary/aromatic N) is 1. The van der Waals surface area contributed by atoms with Gasteiger partial charge in [0.15, 0.2) is 0 Å². The monoisotopic (exact) mass is 210 g/mol. The van der Waals surface area contributed by atoms with Crippen molar-refractivity contribution in [2.24, 2.45) is 5.73 Å². The summed E-state index contributed by atoms with van der Waals surface area (Å²) in [6.45, 7) is 0. The smallest absolute Gasteiger partial charge is 0.217 e. The number of hydrogen-bond donors (Lipinski definition) is 1. The van der Waals surface area contributed by atoms with Gasteiger partial charge in [0.25, 0.3) is 0 Å². The molecule has 15 heavy (non-hydrogen) atoms. The van der Waals surface area contributed by atoms with Crippen molar-refractivity contribution in [2.45, 2.75) is 12.8 Å². The van der Waals surface area contributed by atoms with Gasteiger partial charge in [-0.2, -0.15) is 5.26 Å². The molecule has 0 saturated carbocycles. The second-order valence-corrected chi connectivity index (χ2v) is 3.01. The zero-order valence-corrected chi connectivity index (χ0v) is 7.76. The van der Waals surface area contributed by atoms with Gasteiger partial charge in [-0.1, -0.05) is 0 Å². The average Bonchev–Trinajstić information content (AvgIpc) is 2.14. The quantitative estimate of drug-likeness (QED) is 0.815. The largest absolute Gasteiger partial charge is 0.370 e. The molecule has 0 aliphatic carbocycles. The van der Waals surface area contributed by atoms with Crippen molar-refractivity contribution in [1.82, 2.24) is 0 Å². The van der Waals surface area contributed by atoms with Crippen LogP contribution in [-0.4, -0.2) is 5.91 Å². The predicted octanol–water partition coefficient (Wildman–Crippen LogP) is 1.25. The summed E-state index contributed by atoms with van der Waals surface area (Å²) in [7, 11) is 0. The SMILES string of the molecule is N#Cc1c(F)cc(CCC(N)=O)cc1F. The van der Waals surface area contributed by atoms with Crippen LogP contribution in [0.25, 0.3) is 0 Å². The number of carbonyl (C=O) groups is 1. The molecule has 0 aliphatic rings. The molecule has 78 valence electrons. The molecule has 0 saturated heterocycles. The highest BCUT2D eigenvalue weighted by Crippen LogP contribution is 2.15. The average molecular weight is 210 g/mol.